The van der Waals surface area contributed by atoms with Crippen molar-refractivity contribution in [1.82, 2.24) is 20.1 Å². The van der Waals surface area contributed by atoms with Gasteiger partial charge in [-0.25, -0.2) is 13.8 Å². The topological polar surface area (TPSA) is 116 Å². The van der Waals surface area contributed by atoms with Gasteiger partial charge in [0.15, 0.2) is 5.82 Å². The maximum absolute atomic E-state index is 15.8. The van der Waals surface area contributed by atoms with E-state index in [0.717, 1.165) is 30.1 Å². The molecule has 3 aromatic heterocycles. The Balaban J connectivity index is 0.000000391. The van der Waals surface area contributed by atoms with Crippen molar-refractivity contribution in [3.8, 4) is 23.4 Å². The molecule has 1 unspecified atom stereocenters. The monoisotopic (exact) mass is 505 g/mol. The van der Waals surface area contributed by atoms with Gasteiger partial charge in [0, 0.05) is 29.2 Å². The van der Waals surface area contributed by atoms with Crippen molar-refractivity contribution in [2.24, 2.45) is 5.92 Å². The number of rotatable bonds is 4. The Morgan fingerprint density at radius 3 is 2.67 bits per heavy atom. The minimum absolute atomic E-state index is 0.0112. The number of anilines is 1. The second-order valence-corrected chi connectivity index (χ2v) is 10.4. The number of nitrogens with two attached hydrogens (primary N) is 1. The average Bonchev–Trinajstić information content (AvgIpc) is 3.25. The molecule has 3 N–H and O–H groups in total. The van der Waals surface area contributed by atoms with Crippen LogP contribution in [0.15, 0.2) is 18.3 Å². The number of aryl methyl sites for hydroxylation is 1. The zero-order valence-electron chi connectivity index (χ0n) is 19.8. The molecule has 1 saturated carbocycles. The summed E-state index contributed by atoms with van der Waals surface area (Å²) in [6.07, 6.45) is 5.35. The fourth-order valence-electron chi connectivity index (χ4n) is 4.58. The molecule has 4 aromatic rings. The lowest BCUT2D eigenvalue weighted by atomic mass is 10.0. The number of halogens is 2. The number of thiophene rings is 1. The smallest absolute Gasteiger partial charge is 0.175 e. The molecular formula is C26H25F2N7S. The van der Waals surface area contributed by atoms with E-state index in [1.165, 1.54) is 31.6 Å². The second kappa shape index (κ2) is 9.81. The summed E-state index contributed by atoms with van der Waals surface area (Å²) >= 11 is 0.956. The Morgan fingerprint density at radius 2 is 2.06 bits per heavy atom. The predicted molar refractivity (Wildman–Crippen MR) is 136 cm³/mol. The number of benzene rings is 1. The summed E-state index contributed by atoms with van der Waals surface area (Å²) in [5.74, 6) is -0.164. The minimum atomic E-state index is -0.573. The third-order valence-electron chi connectivity index (χ3n) is 6.63. The van der Waals surface area contributed by atoms with Gasteiger partial charge < -0.3 is 11.1 Å². The van der Waals surface area contributed by atoms with Crippen LogP contribution in [-0.4, -0.2) is 27.9 Å². The Bertz CT molecular complexity index is 1530. The standard InChI is InChI=1S/C21H14F2N6S.C5H11N/c22-14-6-5-11(16-12(8-25)21(26)30-20(14)16)18-17(23)19-13(15(28-18)2-1-7-24)9-27-29(19)10-3-4-10;1-5-2-3-6-4-5/h5-6,9-10H,1-4,26H2;5-6H,2-4H2,1H3. The zero-order chi connectivity index (χ0) is 25.4. The van der Waals surface area contributed by atoms with Gasteiger partial charge in [-0.3, -0.25) is 4.68 Å². The van der Waals surface area contributed by atoms with E-state index in [1.54, 1.807) is 10.9 Å². The second-order valence-electron chi connectivity index (χ2n) is 9.31. The first-order valence-corrected chi connectivity index (χ1v) is 12.8. The largest absolute Gasteiger partial charge is 0.389 e. The van der Waals surface area contributed by atoms with E-state index in [0.29, 0.717) is 28.6 Å². The molecule has 1 aliphatic heterocycles. The maximum Gasteiger partial charge on any atom is 0.175 e. The van der Waals surface area contributed by atoms with Gasteiger partial charge in [-0.15, -0.1) is 11.3 Å². The third-order valence-corrected chi connectivity index (χ3v) is 7.65. The minimum Gasteiger partial charge on any atom is -0.389 e. The van der Waals surface area contributed by atoms with Crippen LogP contribution < -0.4 is 11.1 Å². The first-order valence-electron chi connectivity index (χ1n) is 12.0. The summed E-state index contributed by atoms with van der Waals surface area (Å²) in [6.45, 7) is 4.75. The van der Waals surface area contributed by atoms with Crippen molar-refractivity contribution < 1.29 is 8.78 Å². The number of nitrogen functional groups attached to an aromatic ring is 1. The quantitative estimate of drug-likeness (QED) is 0.381. The molecule has 1 aromatic carbocycles. The summed E-state index contributed by atoms with van der Waals surface area (Å²) in [5, 5.41) is 27.2. The molecule has 7 nitrogen and oxygen atoms in total. The molecule has 1 saturated heterocycles. The molecule has 0 spiro atoms. The van der Waals surface area contributed by atoms with Gasteiger partial charge in [-0.05, 0) is 50.4 Å². The average molecular weight is 506 g/mol. The number of aromatic nitrogens is 3. The van der Waals surface area contributed by atoms with E-state index in [4.69, 9.17) is 11.0 Å². The van der Waals surface area contributed by atoms with Gasteiger partial charge in [0.25, 0.3) is 0 Å². The summed E-state index contributed by atoms with van der Waals surface area (Å²) in [5.41, 5.74) is 7.23. The van der Waals surface area contributed by atoms with Crippen LogP contribution in [0.1, 0.15) is 49.9 Å². The first-order chi connectivity index (χ1) is 17.4. The lowest BCUT2D eigenvalue weighted by Gasteiger charge is -2.11. The summed E-state index contributed by atoms with van der Waals surface area (Å²) in [4.78, 5) is 4.52. The Labute approximate surface area is 211 Å². The Hall–Kier alpha value is -3.60. The normalized spacial score (nSPS) is 17.1. The Kier molecular flexibility index (Phi) is 6.57. The number of fused-ring (bicyclic) bond motifs is 2. The van der Waals surface area contributed by atoms with Crippen LogP contribution in [0, 0.1) is 40.2 Å². The molecule has 1 atom stereocenters. The number of nitrogens with zero attached hydrogens (tertiary/aromatic N) is 5. The van der Waals surface area contributed by atoms with E-state index in [2.05, 4.69) is 28.4 Å². The van der Waals surface area contributed by atoms with E-state index in [9.17, 15) is 9.65 Å². The van der Waals surface area contributed by atoms with Gasteiger partial charge in [0.2, 0.25) is 0 Å². The van der Waals surface area contributed by atoms with Crippen LogP contribution in [0.4, 0.5) is 13.8 Å². The first kappa shape index (κ1) is 24.1. The number of pyridine rings is 1. The molecule has 0 radical (unpaired) electrons. The van der Waals surface area contributed by atoms with Crippen LogP contribution >= 0.6 is 11.3 Å². The van der Waals surface area contributed by atoms with E-state index >= 15 is 4.39 Å². The molecule has 2 aliphatic rings. The van der Waals surface area contributed by atoms with Crippen LogP contribution in [0.2, 0.25) is 0 Å². The number of nitrogens with one attached hydrogen (secondary N) is 1. The van der Waals surface area contributed by atoms with E-state index in [-0.39, 0.29) is 38.8 Å². The fourth-order valence-corrected chi connectivity index (χ4v) is 5.53. The Morgan fingerprint density at radius 1 is 1.25 bits per heavy atom. The lowest BCUT2D eigenvalue weighted by Crippen LogP contribution is -2.06. The van der Waals surface area contributed by atoms with Crippen molar-refractivity contribution in [3.05, 3.63) is 41.2 Å². The van der Waals surface area contributed by atoms with Gasteiger partial charge in [0.1, 0.15) is 28.1 Å². The van der Waals surface area contributed by atoms with Crippen LogP contribution in [0.5, 0.6) is 0 Å². The van der Waals surface area contributed by atoms with Crippen molar-refractivity contribution in [3.63, 3.8) is 0 Å². The fraction of sp³-hybridized carbons (Fsp3) is 0.385. The highest BCUT2D eigenvalue weighted by Crippen LogP contribution is 2.43. The molecule has 6 rings (SSSR count). The third kappa shape index (κ3) is 4.27. The molecule has 1 aliphatic carbocycles. The summed E-state index contributed by atoms with van der Waals surface area (Å²) < 4.78 is 32.1. The highest BCUT2D eigenvalue weighted by molar-refractivity contribution is 7.23. The van der Waals surface area contributed by atoms with Crippen LogP contribution in [0.25, 0.3) is 32.2 Å². The number of nitriles is 2. The van der Waals surface area contributed by atoms with Gasteiger partial charge in [-0.2, -0.15) is 15.6 Å². The van der Waals surface area contributed by atoms with Crippen LogP contribution in [-0.2, 0) is 6.42 Å². The molecule has 36 heavy (non-hydrogen) atoms. The van der Waals surface area contributed by atoms with Gasteiger partial charge in [0.05, 0.1) is 34.3 Å². The van der Waals surface area contributed by atoms with E-state index in [1.807, 2.05) is 6.07 Å². The zero-order valence-corrected chi connectivity index (χ0v) is 20.6. The SMILES string of the molecule is CC1CCNC1.N#CCCc1nc(-c2ccc(F)c3sc(N)c(C#N)c23)c(F)c2c1cnn2C1CC1. The number of hydrogen-bond acceptors (Lipinski definition) is 7. The van der Waals surface area contributed by atoms with Gasteiger partial charge >= 0.3 is 0 Å². The molecule has 10 heteroatoms. The highest BCUT2D eigenvalue weighted by atomic mass is 32.1. The maximum atomic E-state index is 15.8. The van der Waals surface area contributed by atoms with Crippen LogP contribution in [0.3, 0.4) is 0 Å². The summed E-state index contributed by atoms with van der Waals surface area (Å²) in [7, 11) is 0. The lowest BCUT2D eigenvalue weighted by molar-refractivity contribution is 0.602. The molecule has 0 bridgehead atoms. The molecule has 4 heterocycles. The van der Waals surface area contributed by atoms with Crippen molar-refractivity contribution in [2.45, 2.75) is 45.1 Å². The van der Waals surface area contributed by atoms with Crippen molar-refractivity contribution >= 4 is 37.3 Å². The summed E-state index contributed by atoms with van der Waals surface area (Å²) in [6, 6.07) is 6.88. The van der Waals surface area contributed by atoms with Crippen molar-refractivity contribution in [2.75, 3.05) is 18.8 Å². The molecular weight excluding hydrogens is 480 g/mol. The van der Waals surface area contributed by atoms with Gasteiger partial charge in [-0.1, -0.05) is 6.92 Å². The van der Waals surface area contributed by atoms with E-state index < -0.39 is 11.6 Å². The van der Waals surface area contributed by atoms with Crippen molar-refractivity contribution in [1.29, 1.82) is 10.5 Å². The molecule has 184 valence electrons. The highest BCUT2D eigenvalue weighted by Gasteiger charge is 2.30. The molecule has 0 amide bonds. The molecule has 2 fully saturated rings. The predicted octanol–water partition coefficient (Wildman–Crippen LogP) is 5.45. The number of hydrogen-bond donors (Lipinski definition) is 2.